The van der Waals surface area contributed by atoms with E-state index in [1.807, 2.05) is 42.5 Å². The lowest BCUT2D eigenvalue weighted by Crippen LogP contribution is -2.37. The highest BCUT2D eigenvalue weighted by Crippen LogP contribution is 2.15. The van der Waals surface area contributed by atoms with Crippen LogP contribution < -0.4 is 20.7 Å². The summed E-state index contributed by atoms with van der Waals surface area (Å²) in [6.07, 6.45) is 10.3. The van der Waals surface area contributed by atoms with Crippen molar-refractivity contribution in [2.75, 3.05) is 39.3 Å². The lowest BCUT2D eigenvalue weighted by molar-refractivity contribution is -0.120. The van der Waals surface area contributed by atoms with Gasteiger partial charge in [-0.2, -0.15) is 0 Å². The van der Waals surface area contributed by atoms with E-state index in [-0.39, 0.29) is 5.91 Å². The second-order valence-electron chi connectivity index (χ2n) is 8.59. The fourth-order valence-electron chi connectivity index (χ4n) is 3.85. The van der Waals surface area contributed by atoms with Gasteiger partial charge in [-0.15, -0.1) is 0 Å². The number of ether oxygens (including phenoxy) is 1. The Morgan fingerprint density at radius 2 is 1.83 bits per heavy atom. The SMILES string of the molecule is O=C(CCCNC(=S)NCCc1ccccc1)NC/C=C\COc1cc(CN2CCCC2)ccn1. The maximum Gasteiger partial charge on any atom is 0.220 e. The number of amides is 1. The van der Waals surface area contributed by atoms with Gasteiger partial charge in [0.25, 0.3) is 0 Å². The standard InChI is InChI=1S/C27H37N5O2S/c33-25(11-8-15-30-27(35)31-17-12-23-9-2-1-3-10-23)28-14-4-7-20-34-26-21-24(13-16-29-26)22-32-18-5-6-19-32/h1-4,7,9-10,13,16,21H,5-6,8,11-12,14-15,17-20,22H2,(H,28,33)(H2,30,31,35)/b7-4-. The Hall–Kier alpha value is -2.97. The topological polar surface area (TPSA) is 78.5 Å². The zero-order valence-corrected chi connectivity index (χ0v) is 21.2. The predicted molar refractivity (Wildman–Crippen MR) is 144 cm³/mol. The molecule has 1 amide bonds. The minimum Gasteiger partial charge on any atom is -0.473 e. The summed E-state index contributed by atoms with van der Waals surface area (Å²) in [6, 6.07) is 14.3. The summed E-state index contributed by atoms with van der Waals surface area (Å²) in [4.78, 5) is 18.7. The van der Waals surface area contributed by atoms with E-state index >= 15 is 0 Å². The summed E-state index contributed by atoms with van der Waals surface area (Å²) in [7, 11) is 0. The number of hydrogen-bond donors (Lipinski definition) is 3. The van der Waals surface area contributed by atoms with Gasteiger partial charge >= 0.3 is 0 Å². The van der Waals surface area contributed by atoms with E-state index in [1.165, 1.54) is 37.1 Å². The molecule has 1 aromatic heterocycles. The first-order chi connectivity index (χ1) is 17.2. The third kappa shape index (κ3) is 11.3. The third-order valence-electron chi connectivity index (χ3n) is 5.72. The first-order valence-electron chi connectivity index (χ1n) is 12.5. The predicted octanol–water partition coefficient (Wildman–Crippen LogP) is 3.22. The van der Waals surface area contributed by atoms with Gasteiger partial charge < -0.3 is 20.7 Å². The number of likely N-dealkylation sites (tertiary alicyclic amines) is 1. The van der Waals surface area contributed by atoms with E-state index in [9.17, 15) is 4.79 Å². The Labute approximate surface area is 214 Å². The Bertz CT molecular complexity index is 932. The molecule has 3 rings (SSSR count). The molecule has 7 nitrogen and oxygen atoms in total. The van der Waals surface area contributed by atoms with Gasteiger partial charge in [0.05, 0.1) is 0 Å². The molecule has 0 atom stereocenters. The lowest BCUT2D eigenvalue weighted by Gasteiger charge is -2.14. The zero-order valence-electron chi connectivity index (χ0n) is 20.4. The second-order valence-corrected chi connectivity index (χ2v) is 9.00. The Kier molecular flexibility index (Phi) is 12.1. The maximum absolute atomic E-state index is 12.0. The summed E-state index contributed by atoms with van der Waals surface area (Å²) in [5.74, 6) is 0.659. The van der Waals surface area contributed by atoms with Gasteiger partial charge in [0.1, 0.15) is 6.61 Å². The third-order valence-corrected chi connectivity index (χ3v) is 6.01. The highest BCUT2D eigenvalue weighted by molar-refractivity contribution is 7.80. The van der Waals surface area contributed by atoms with Crippen LogP contribution in [0.2, 0.25) is 0 Å². The van der Waals surface area contributed by atoms with E-state index in [0.717, 1.165) is 25.9 Å². The number of benzene rings is 1. The molecule has 35 heavy (non-hydrogen) atoms. The fourth-order valence-corrected chi connectivity index (χ4v) is 4.06. The van der Waals surface area contributed by atoms with Crippen LogP contribution in [-0.4, -0.2) is 60.2 Å². The minimum absolute atomic E-state index is 0.0246. The van der Waals surface area contributed by atoms with Crippen molar-refractivity contribution in [3.8, 4) is 5.88 Å². The smallest absolute Gasteiger partial charge is 0.220 e. The second kappa shape index (κ2) is 15.8. The monoisotopic (exact) mass is 495 g/mol. The van der Waals surface area contributed by atoms with Gasteiger partial charge in [0, 0.05) is 44.9 Å². The normalized spacial score (nSPS) is 13.6. The number of hydrogen-bond acceptors (Lipinski definition) is 5. The fraction of sp³-hybridized carbons (Fsp3) is 0.444. The summed E-state index contributed by atoms with van der Waals surface area (Å²) < 4.78 is 5.72. The molecule has 1 aromatic carbocycles. The van der Waals surface area contributed by atoms with Crippen LogP contribution in [0, 0.1) is 0 Å². The summed E-state index contributed by atoms with van der Waals surface area (Å²) in [5, 5.41) is 9.86. The van der Waals surface area contributed by atoms with E-state index < -0.39 is 0 Å². The van der Waals surface area contributed by atoms with Gasteiger partial charge in [-0.1, -0.05) is 36.4 Å². The van der Waals surface area contributed by atoms with Crippen LogP contribution in [0.1, 0.15) is 36.8 Å². The summed E-state index contributed by atoms with van der Waals surface area (Å²) in [5.41, 5.74) is 2.50. The van der Waals surface area contributed by atoms with Crippen molar-refractivity contribution < 1.29 is 9.53 Å². The van der Waals surface area contributed by atoms with Crippen LogP contribution in [-0.2, 0) is 17.8 Å². The average Bonchev–Trinajstić information content (AvgIpc) is 3.38. The van der Waals surface area contributed by atoms with Crippen molar-refractivity contribution in [3.63, 3.8) is 0 Å². The number of nitrogens with one attached hydrogen (secondary N) is 3. The van der Waals surface area contributed by atoms with E-state index in [0.29, 0.717) is 37.1 Å². The summed E-state index contributed by atoms with van der Waals surface area (Å²) >= 11 is 5.28. The molecular formula is C27H37N5O2S. The molecule has 0 radical (unpaired) electrons. The molecule has 0 bridgehead atoms. The van der Waals surface area contributed by atoms with Crippen molar-refractivity contribution in [3.05, 3.63) is 71.9 Å². The number of carbonyl (C=O) groups excluding carboxylic acids is 1. The highest BCUT2D eigenvalue weighted by Gasteiger charge is 2.12. The van der Waals surface area contributed by atoms with Crippen LogP contribution in [0.4, 0.5) is 0 Å². The van der Waals surface area contributed by atoms with Gasteiger partial charge in [-0.05, 0) is 74.3 Å². The van der Waals surface area contributed by atoms with Gasteiger partial charge in [0.2, 0.25) is 11.8 Å². The van der Waals surface area contributed by atoms with Crippen LogP contribution >= 0.6 is 12.2 Å². The Morgan fingerprint density at radius 3 is 2.66 bits per heavy atom. The van der Waals surface area contributed by atoms with Crippen molar-refractivity contribution >= 4 is 23.2 Å². The summed E-state index contributed by atoms with van der Waals surface area (Å²) in [6.45, 7) is 5.65. The molecule has 188 valence electrons. The molecule has 1 aliphatic heterocycles. The van der Waals surface area contributed by atoms with Crippen molar-refractivity contribution in [2.24, 2.45) is 0 Å². The number of nitrogens with zero attached hydrogens (tertiary/aromatic N) is 2. The van der Waals surface area contributed by atoms with Crippen molar-refractivity contribution in [1.29, 1.82) is 0 Å². The van der Waals surface area contributed by atoms with Crippen LogP contribution in [0.5, 0.6) is 5.88 Å². The molecule has 1 saturated heterocycles. The number of rotatable bonds is 14. The largest absolute Gasteiger partial charge is 0.473 e. The molecule has 2 aromatic rings. The molecule has 3 N–H and O–H groups in total. The molecule has 0 saturated carbocycles. The quantitative estimate of drug-likeness (QED) is 0.211. The van der Waals surface area contributed by atoms with Gasteiger partial charge in [0.15, 0.2) is 5.11 Å². The van der Waals surface area contributed by atoms with Gasteiger partial charge in [-0.25, -0.2) is 4.98 Å². The zero-order chi connectivity index (χ0) is 24.6. The van der Waals surface area contributed by atoms with Crippen molar-refractivity contribution in [2.45, 2.75) is 38.6 Å². The first-order valence-corrected chi connectivity index (χ1v) is 12.9. The maximum atomic E-state index is 12.0. The minimum atomic E-state index is 0.0246. The highest BCUT2D eigenvalue weighted by atomic mass is 32.1. The Morgan fingerprint density at radius 1 is 1.03 bits per heavy atom. The molecule has 1 aliphatic rings. The van der Waals surface area contributed by atoms with E-state index in [1.54, 1.807) is 6.20 Å². The number of aromatic nitrogens is 1. The number of pyridine rings is 1. The lowest BCUT2D eigenvalue weighted by atomic mass is 10.1. The number of carbonyl (C=O) groups is 1. The van der Waals surface area contributed by atoms with E-state index in [4.69, 9.17) is 17.0 Å². The molecule has 0 unspecified atom stereocenters. The van der Waals surface area contributed by atoms with Crippen LogP contribution in [0.3, 0.4) is 0 Å². The average molecular weight is 496 g/mol. The molecule has 1 fully saturated rings. The van der Waals surface area contributed by atoms with Crippen LogP contribution in [0.25, 0.3) is 0 Å². The molecule has 8 heteroatoms. The van der Waals surface area contributed by atoms with Crippen molar-refractivity contribution in [1.82, 2.24) is 25.8 Å². The molecular weight excluding hydrogens is 458 g/mol. The Balaban J connectivity index is 1.17. The molecule has 0 aliphatic carbocycles. The van der Waals surface area contributed by atoms with E-state index in [2.05, 4.69) is 38.0 Å². The van der Waals surface area contributed by atoms with Gasteiger partial charge in [-0.3, -0.25) is 9.69 Å². The first kappa shape index (κ1) is 26.6. The molecule has 2 heterocycles. The number of thiocarbonyl (C=S) groups is 1. The van der Waals surface area contributed by atoms with Crippen LogP contribution in [0.15, 0.2) is 60.8 Å². The molecule has 0 spiro atoms.